The highest BCUT2D eigenvalue weighted by molar-refractivity contribution is 6.30. The minimum atomic E-state index is -0.595. The Bertz CT molecular complexity index is 809. The first-order chi connectivity index (χ1) is 10.6. The van der Waals surface area contributed by atoms with Crippen LogP contribution in [0.25, 0.3) is 11.3 Å². The van der Waals surface area contributed by atoms with E-state index in [-0.39, 0.29) is 11.5 Å². The Morgan fingerprint density at radius 1 is 1.14 bits per heavy atom. The average molecular weight is 314 g/mol. The van der Waals surface area contributed by atoms with Crippen LogP contribution in [0.2, 0.25) is 5.02 Å². The number of carbonyl (C=O) groups is 1. The minimum Gasteiger partial charge on any atom is -0.449 e. The Hall–Kier alpha value is -2.59. The predicted molar refractivity (Wildman–Crippen MR) is 83.1 cm³/mol. The van der Waals surface area contributed by atoms with Gasteiger partial charge in [-0.25, -0.2) is 4.79 Å². The van der Waals surface area contributed by atoms with Crippen LogP contribution in [0.3, 0.4) is 0 Å². The number of ether oxygens (including phenoxy) is 1. The molecule has 22 heavy (non-hydrogen) atoms. The molecule has 3 rings (SSSR count). The maximum atomic E-state index is 12.0. The van der Waals surface area contributed by atoms with E-state index in [0.717, 1.165) is 11.1 Å². The quantitative estimate of drug-likeness (QED) is 0.667. The summed E-state index contributed by atoms with van der Waals surface area (Å²) in [6.07, 6.45) is 2.87. The summed E-state index contributed by atoms with van der Waals surface area (Å²) < 4.78 is 10.7. The molecule has 0 aliphatic rings. The van der Waals surface area contributed by atoms with Gasteiger partial charge >= 0.3 is 5.97 Å². The zero-order valence-electron chi connectivity index (χ0n) is 11.7. The summed E-state index contributed by atoms with van der Waals surface area (Å²) >= 11 is 5.79. The largest absolute Gasteiger partial charge is 0.449 e. The summed E-state index contributed by atoms with van der Waals surface area (Å²) in [5, 5.41) is 0.394. The second kappa shape index (κ2) is 6.03. The first-order valence-electron chi connectivity index (χ1n) is 6.61. The molecule has 0 unspecified atom stereocenters. The molecule has 0 aliphatic carbocycles. The fraction of sp³-hybridized carbons (Fsp3) is 0.0588. The molecule has 0 bridgehead atoms. The smallest absolute Gasteiger partial charge is 0.379 e. The number of halogens is 1. The Morgan fingerprint density at radius 3 is 2.64 bits per heavy atom. The number of hydrogen-bond donors (Lipinski definition) is 0. The van der Waals surface area contributed by atoms with Gasteiger partial charge in [0, 0.05) is 17.8 Å². The van der Waals surface area contributed by atoms with Crippen LogP contribution in [0.5, 0.6) is 5.75 Å². The lowest BCUT2D eigenvalue weighted by molar-refractivity contribution is 0.0702. The topological polar surface area (TPSA) is 52.3 Å². The van der Waals surface area contributed by atoms with Crippen LogP contribution in [-0.4, -0.2) is 11.0 Å². The molecule has 0 N–H and O–H groups in total. The van der Waals surface area contributed by atoms with E-state index >= 15 is 0 Å². The molecule has 0 amide bonds. The number of nitrogens with zero attached hydrogens (tertiary/aromatic N) is 1. The van der Waals surface area contributed by atoms with Gasteiger partial charge in [0.05, 0.1) is 11.2 Å². The van der Waals surface area contributed by atoms with Gasteiger partial charge in [0.15, 0.2) is 5.75 Å². The Balaban J connectivity index is 1.78. The molecule has 0 saturated heterocycles. The van der Waals surface area contributed by atoms with Crippen LogP contribution in [0.15, 0.2) is 59.3 Å². The molecular weight excluding hydrogens is 302 g/mol. The summed E-state index contributed by atoms with van der Waals surface area (Å²) in [6, 6.07) is 12.7. The van der Waals surface area contributed by atoms with E-state index in [1.807, 2.05) is 31.2 Å². The monoisotopic (exact) mass is 313 g/mol. The van der Waals surface area contributed by atoms with Crippen LogP contribution in [-0.2, 0) is 0 Å². The van der Waals surface area contributed by atoms with Gasteiger partial charge in [-0.2, -0.15) is 0 Å². The van der Waals surface area contributed by atoms with Crippen molar-refractivity contribution in [1.82, 2.24) is 4.98 Å². The minimum absolute atomic E-state index is 0.121. The standard InChI is InChI=1S/C17H12ClNO3/c1-11-2-4-12(5-3-11)15-6-7-16(22-15)17(20)21-14-8-13(18)9-19-10-14/h2-10H,1H3. The lowest BCUT2D eigenvalue weighted by atomic mass is 10.1. The molecule has 0 spiro atoms. The lowest BCUT2D eigenvalue weighted by Crippen LogP contribution is -2.07. The molecule has 0 fully saturated rings. The molecular formula is C17H12ClNO3. The van der Waals surface area contributed by atoms with Crippen LogP contribution in [0, 0.1) is 6.92 Å². The van der Waals surface area contributed by atoms with Crippen molar-refractivity contribution in [3.05, 3.63) is 71.2 Å². The maximum absolute atomic E-state index is 12.0. The summed E-state index contributed by atoms with van der Waals surface area (Å²) in [5.41, 5.74) is 2.05. The molecule has 0 saturated carbocycles. The zero-order valence-corrected chi connectivity index (χ0v) is 12.5. The number of aryl methyl sites for hydroxylation is 1. The number of carbonyl (C=O) groups excluding carboxylic acids is 1. The third-order valence-corrected chi connectivity index (χ3v) is 3.24. The van der Waals surface area contributed by atoms with Crippen molar-refractivity contribution in [2.75, 3.05) is 0 Å². The molecule has 0 atom stereocenters. The highest BCUT2D eigenvalue weighted by atomic mass is 35.5. The zero-order chi connectivity index (χ0) is 15.5. The molecule has 3 aromatic rings. The second-order valence-corrected chi connectivity index (χ2v) is 5.19. The third kappa shape index (κ3) is 3.18. The SMILES string of the molecule is Cc1ccc(-c2ccc(C(=O)Oc3cncc(Cl)c3)o2)cc1. The Kier molecular flexibility index (Phi) is 3.94. The van der Waals surface area contributed by atoms with E-state index in [9.17, 15) is 4.79 Å². The first kappa shape index (κ1) is 14.4. The third-order valence-electron chi connectivity index (χ3n) is 3.03. The molecule has 5 heteroatoms. The summed E-state index contributed by atoms with van der Waals surface area (Å²) in [7, 11) is 0. The molecule has 2 heterocycles. The number of benzene rings is 1. The normalized spacial score (nSPS) is 10.5. The van der Waals surface area contributed by atoms with Crippen molar-refractivity contribution in [1.29, 1.82) is 0 Å². The van der Waals surface area contributed by atoms with E-state index in [1.54, 1.807) is 12.1 Å². The van der Waals surface area contributed by atoms with Crippen LogP contribution >= 0.6 is 11.6 Å². The van der Waals surface area contributed by atoms with Crippen molar-refractivity contribution < 1.29 is 13.9 Å². The number of hydrogen-bond acceptors (Lipinski definition) is 4. The maximum Gasteiger partial charge on any atom is 0.379 e. The molecule has 2 aromatic heterocycles. The number of furan rings is 1. The van der Waals surface area contributed by atoms with E-state index in [2.05, 4.69) is 4.98 Å². The second-order valence-electron chi connectivity index (χ2n) is 4.76. The van der Waals surface area contributed by atoms with Gasteiger partial charge in [0.1, 0.15) is 5.76 Å². The first-order valence-corrected chi connectivity index (χ1v) is 6.99. The average Bonchev–Trinajstić information content (AvgIpc) is 2.98. The highest BCUT2D eigenvalue weighted by Gasteiger charge is 2.15. The lowest BCUT2D eigenvalue weighted by Gasteiger charge is -2.02. The molecule has 1 aromatic carbocycles. The molecule has 0 radical (unpaired) electrons. The van der Waals surface area contributed by atoms with Gasteiger partial charge in [-0.1, -0.05) is 41.4 Å². The number of esters is 1. The van der Waals surface area contributed by atoms with E-state index in [1.165, 1.54) is 18.5 Å². The van der Waals surface area contributed by atoms with E-state index < -0.39 is 5.97 Å². The summed E-state index contributed by atoms with van der Waals surface area (Å²) in [6.45, 7) is 2.01. The Labute approximate surface area is 132 Å². The fourth-order valence-corrected chi connectivity index (χ4v) is 2.09. The predicted octanol–water partition coefficient (Wildman–Crippen LogP) is 4.52. The molecule has 4 nitrogen and oxygen atoms in total. The van der Waals surface area contributed by atoms with Crippen molar-refractivity contribution in [2.24, 2.45) is 0 Å². The van der Waals surface area contributed by atoms with Gasteiger partial charge < -0.3 is 9.15 Å². The van der Waals surface area contributed by atoms with Crippen molar-refractivity contribution in [3.8, 4) is 17.1 Å². The summed E-state index contributed by atoms with van der Waals surface area (Å²) in [5.74, 6) is 0.403. The van der Waals surface area contributed by atoms with Crippen LogP contribution in [0.4, 0.5) is 0 Å². The molecule has 110 valence electrons. The van der Waals surface area contributed by atoms with Gasteiger partial charge in [0.2, 0.25) is 5.76 Å². The highest BCUT2D eigenvalue weighted by Crippen LogP contribution is 2.24. The van der Waals surface area contributed by atoms with E-state index in [4.69, 9.17) is 20.8 Å². The van der Waals surface area contributed by atoms with Crippen LogP contribution < -0.4 is 4.74 Å². The van der Waals surface area contributed by atoms with Crippen molar-refractivity contribution in [3.63, 3.8) is 0 Å². The number of rotatable bonds is 3. The van der Waals surface area contributed by atoms with Gasteiger partial charge in [-0.05, 0) is 19.1 Å². The number of aromatic nitrogens is 1. The van der Waals surface area contributed by atoms with Crippen molar-refractivity contribution >= 4 is 17.6 Å². The van der Waals surface area contributed by atoms with Gasteiger partial charge in [-0.15, -0.1) is 0 Å². The van der Waals surface area contributed by atoms with Gasteiger partial charge in [-0.3, -0.25) is 4.98 Å². The Morgan fingerprint density at radius 2 is 1.91 bits per heavy atom. The van der Waals surface area contributed by atoms with E-state index in [0.29, 0.717) is 10.8 Å². The van der Waals surface area contributed by atoms with Crippen molar-refractivity contribution in [2.45, 2.75) is 6.92 Å². The van der Waals surface area contributed by atoms with Crippen LogP contribution in [0.1, 0.15) is 16.1 Å². The summed E-state index contributed by atoms with van der Waals surface area (Å²) in [4.78, 5) is 15.9. The van der Waals surface area contributed by atoms with Gasteiger partial charge in [0.25, 0.3) is 0 Å². The molecule has 0 aliphatic heterocycles. The fourth-order valence-electron chi connectivity index (χ4n) is 1.93. The number of pyridine rings is 1.